The zero-order valence-electron chi connectivity index (χ0n) is 7.26. The minimum absolute atomic E-state index is 0.672. The fourth-order valence-corrected chi connectivity index (χ4v) is 0.721. The first-order chi connectivity index (χ1) is 5.16. The lowest BCUT2D eigenvalue weighted by molar-refractivity contribution is 0.560. The van der Waals surface area contributed by atoms with Crippen molar-refractivity contribution in [2.75, 3.05) is 14.1 Å². The summed E-state index contributed by atoms with van der Waals surface area (Å²) in [6.07, 6.45) is 6.56. The van der Waals surface area contributed by atoms with Gasteiger partial charge in [0.1, 0.15) is 5.16 Å². The van der Waals surface area contributed by atoms with Crippen molar-refractivity contribution in [2.24, 2.45) is 0 Å². The molecule has 0 bridgehead atoms. The summed E-state index contributed by atoms with van der Waals surface area (Å²) in [4.78, 5) is 1.93. The Balaban J connectivity index is 3.61. The van der Waals surface area contributed by atoms with Gasteiger partial charge in [-0.15, -0.1) is 0 Å². The summed E-state index contributed by atoms with van der Waals surface area (Å²) >= 11 is 5.74. The molecule has 0 fully saturated rings. The molecule has 3 heteroatoms. The van der Waals surface area contributed by atoms with E-state index in [4.69, 9.17) is 11.6 Å². The Kier molecular flexibility index (Phi) is 5.75. The Bertz CT molecular complexity index is 150. The second kappa shape index (κ2) is 6.10. The van der Waals surface area contributed by atoms with Crippen molar-refractivity contribution in [3.63, 3.8) is 0 Å². The van der Waals surface area contributed by atoms with Crippen molar-refractivity contribution in [1.82, 2.24) is 10.2 Å². The number of nitrogens with zero attached hydrogens (tertiary/aromatic N) is 1. The molecule has 0 aromatic carbocycles. The van der Waals surface area contributed by atoms with Crippen LogP contribution in [0.1, 0.15) is 13.3 Å². The zero-order chi connectivity index (χ0) is 8.69. The zero-order valence-corrected chi connectivity index (χ0v) is 8.02. The smallest absolute Gasteiger partial charge is 0.102 e. The van der Waals surface area contributed by atoms with Crippen LogP contribution in [-0.2, 0) is 0 Å². The molecule has 11 heavy (non-hydrogen) atoms. The molecule has 0 atom stereocenters. The number of hydrogen-bond donors (Lipinski definition) is 1. The number of nitrogens with one attached hydrogen (secondary N) is 1. The second-order valence-corrected chi connectivity index (χ2v) is 2.79. The standard InChI is InChI=1S/C8H15ClN2/c1-4-5-8(9)10-6-7-11(2)3/h5-7,10H,4H2,1-3H3/b7-6-,8-5-. The molecule has 0 aliphatic heterocycles. The third-order valence-corrected chi connectivity index (χ3v) is 1.24. The van der Waals surface area contributed by atoms with Crippen molar-refractivity contribution in [3.05, 3.63) is 23.6 Å². The molecule has 0 rings (SSSR count). The highest BCUT2D eigenvalue weighted by Crippen LogP contribution is 1.96. The number of halogens is 1. The SMILES string of the molecule is CC/C=C(/Cl)N/C=C\N(C)C. The second-order valence-electron chi connectivity index (χ2n) is 2.38. The molecule has 0 spiro atoms. The fraction of sp³-hybridized carbons (Fsp3) is 0.500. The molecular formula is C8H15ClN2. The van der Waals surface area contributed by atoms with E-state index >= 15 is 0 Å². The van der Waals surface area contributed by atoms with Gasteiger partial charge in [0, 0.05) is 26.5 Å². The van der Waals surface area contributed by atoms with E-state index in [1.165, 1.54) is 0 Å². The van der Waals surface area contributed by atoms with Gasteiger partial charge in [0.2, 0.25) is 0 Å². The first-order valence-corrected chi connectivity index (χ1v) is 4.00. The lowest BCUT2D eigenvalue weighted by Gasteiger charge is -2.03. The predicted molar refractivity (Wildman–Crippen MR) is 50.2 cm³/mol. The van der Waals surface area contributed by atoms with E-state index in [0.717, 1.165) is 6.42 Å². The van der Waals surface area contributed by atoms with Crippen LogP contribution in [0.4, 0.5) is 0 Å². The highest BCUT2D eigenvalue weighted by atomic mass is 35.5. The van der Waals surface area contributed by atoms with E-state index in [-0.39, 0.29) is 0 Å². The molecule has 0 aromatic rings. The van der Waals surface area contributed by atoms with E-state index in [2.05, 4.69) is 5.32 Å². The van der Waals surface area contributed by atoms with Gasteiger partial charge in [-0.2, -0.15) is 0 Å². The largest absolute Gasteiger partial charge is 0.382 e. The van der Waals surface area contributed by atoms with Crippen LogP contribution in [0.25, 0.3) is 0 Å². The molecule has 0 amide bonds. The number of rotatable bonds is 4. The van der Waals surface area contributed by atoms with E-state index in [1.54, 1.807) is 6.20 Å². The van der Waals surface area contributed by atoms with Crippen LogP contribution < -0.4 is 5.32 Å². The van der Waals surface area contributed by atoms with Crippen LogP contribution in [0.3, 0.4) is 0 Å². The Morgan fingerprint density at radius 3 is 2.64 bits per heavy atom. The van der Waals surface area contributed by atoms with Crippen LogP contribution in [0, 0.1) is 0 Å². The summed E-state index contributed by atoms with van der Waals surface area (Å²) in [5.41, 5.74) is 0. The molecule has 0 saturated carbocycles. The van der Waals surface area contributed by atoms with Crippen molar-refractivity contribution < 1.29 is 0 Å². The van der Waals surface area contributed by atoms with Gasteiger partial charge in [-0.05, 0) is 12.5 Å². The van der Waals surface area contributed by atoms with E-state index in [1.807, 2.05) is 38.2 Å². The minimum atomic E-state index is 0.672. The van der Waals surface area contributed by atoms with Gasteiger partial charge in [0.15, 0.2) is 0 Å². The van der Waals surface area contributed by atoms with Crippen molar-refractivity contribution in [1.29, 1.82) is 0 Å². The maximum absolute atomic E-state index is 5.74. The monoisotopic (exact) mass is 174 g/mol. The van der Waals surface area contributed by atoms with Crippen molar-refractivity contribution >= 4 is 11.6 Å². The maximum atomic E-state index is 5.74. The molecule has 1 N–H and O–H groups in total. The highest BCUT2D eigenvalue weighted by molar-refractivity contribution is 6.29. The lowest BCUT2D eigenvalue weighted by Crippen LogP contribution is -2.05. The Morgan fingerprint density at radius 1 is 1.55 bits per heavy atom. The minimum Gasteiger partial charge on any atom is -0.382 e. The first-order valence-electron chi connectivity index (χ1n) is 3.62. The van der Waals surface area contributed by atoms with Gasteiger partial charge >= 0.3 is 0 Å². The van der Waals surface area contributed by atoms with Crippen LogP contribution in [0.5, 0.6) is 0 Å². The van der Waals surface area contributed by atoms with Crippen LogP contribution in [-0.4, -0.2) is 19.0 Å². The van der Waals surface area contributed by atoms with Gasteiger partial charge in [-0.1, -0.05) is 18.5 Å². The quantitative estimate of drug-likeness (QED) is 0.657. The third-order valence-electron chi connectivity index (χ3n) is 0.977. The van der Waals surface area contributed by atoms with Crippen LogP contribution in [0.15, 0.2) is 23.6 Å². The van der Waals surface area contributed by atoms with Crippen molar-refractivity contribution in [2.45, 2.75) is 13.3 Å². The summed E-state index contributed by atoms with van der Waals surface area (Å²) in [5, 5.41) is 3.59. The summed E-state index contributed by atoms with van der Waals surface area (Å²) in [6.45, 7) is 2.04. The van der Waals surface area contributed by atoms with Gasteiger partial charge in [-0.25, -0.2) is 0 Å². The molecule has 0 aromatic heterocycles. The number of allylic oxidation sites excluding steroid dienone is 1. The molecule has 0 radical (unpaired) electrons. The van der Waals surface area contributed by atoms with Gasteiger partial charge in [-0.3, -0.25) is 0 Å². The highest BCUT2D eigenvalue weighted by Gasteiger charge is 1.82. The summed E-state index contributed by atoms with van der Waals surface area (Å²) < 4.78 is 0. The lowest BCUT2D eigenvalue weighted by atomic mass is 10.5. The molecule has 0 heterocycles. The van der Waals surface area contributed by atoms with Crippen LogP contribution >= 0.6 is 11.6 Å². The maximum Gasteiger partial charge on any atom is 0.102 e. The number of hydrogen-bond acceptors (Lipinski definition) is 2. The van der Waals surface area contributed by atoms with Gasteiger partial charge < -0.3 is 10.2 Å². The topological polar surface area (TPSA) is 15.3 Å². The average molecular weight is 175 g/mol. The predicted octanol–water partition coefficient (Wildman–Crippen LogP) is 2.10. The molecule has 0 unspecified atom stereocenters. The third kappa shape index (κ3) is 7.26. The summed E-state index contributed by atoms with van der Waals surface area (Å²) in [5.74, 6) is 0. The molecular weight excluding hydrogens is 160 g/mol. The Hall–Kier alpha value is -0.630. The molecule has 0 aliphatic carbocycles. The molecule has 64 valence electrons. The molecule has 0 saturated heterocycles. The van der Waals surface area contributed by atoms with E-state index in [9.17, 15) is 0 Å². The van der Waals surface area contributed by atoms with Crippen LogP contribution in [0.2, 0.25) is 0 Å². The normalized spacial score (nSPS) is 12.2. The Morgan fingerprint density at radius 2 is 2.18 bits per heavy atom. The average Bonchev–Trinajstić information content (AvgIpc) is 1.87. The summed E-state index contributed by atoms with van der Waals surface area (Å²) in [6, 6.07) is 0. The Labute approximate surface area is 73.5 Å². The first kappa shape index (κ1) is 10.4. The molecule has 0 aliphatic rings. The summed E-state index contributed by atoms with van der Waals surface area (Å²) in [7, 11) is 3.91. The fourth-order valence-electron chi connectivity index (χ4n) is 0.504. The van der Waals surface area contributed by atoms with Crippen molar-refractivity contribution in [3.8, 4) is 0 Å². The van der Waals surface area contributed by atoms with Gasteiger partial charge in [0.25, 0.3) is 0 Å². The van der Waals surface area contributed by atoms with Gasteiger partial charge in [0.05, 0.1) is 0 Å². The molecule has 2 nitrogen and oxygen atoms in total. The van der Waals surface area contributed by atoms with E-state index in [0.29, 0.717) is 5.16 Å². The van der Waals surface area contributed by atoms with E-state index < -0.39 is 0 Å².